The van der Waals surface area contributed by atoms with Gasteiger partial charge in [0.05, 0.1) is 19.8 Å². The number of methoxy groups -OCH3 is 1. The van der Waals surface area contributed by atoms with Crippen LogP contribution in [0.2, 0.25) is 0 Å². The quantitative estimate of drug-likeness (QED) is 0.571. The Hall–Kier alpha value is -2.77. The van der Waals surface area contributed by atoms with Crippen LogP contribution < -0.4 is 20.1 Å². The number of benzene rings is 1. The molecule has 0 radical (unpaired) electrons. The van der Waals surface area contributed by atoms with Gasteiger partial charge in [-0.2, -0.15) is 5.10 Å². The van der Waals surface area contributed by atoms with Crippen molar-refractivity contribution < 1.29 is 9.47 Å². The number of rotatable bonds is 7. The van der Waals surface area contributed by atoms with Crippen LogP contribution in [0.5, 0.6) is 11.5 Å². The Bertz CT molecular complexity index is 767. The topological polar surface area (TPSA) is 85.6 Å². The highest BCUT2D eigenvalue weighted by Gasteiger charge is 2.20. The van der Waals surface area contributed by atoms with Gasteiger partial charge in [0.25, 0.3) is 0 Å². The largest absolute Gasteiger partial charge is 0.493 e. The van der Waals surface area contributed by atoms with Gasteiger partial charge >= 0.3 is 0 Å². The Morgan fingerprint density at radius 1 is 1.26 bits per heavy atom. The first kappa shape index (κ1) is 19.0. The third-order valence-corrected chi connectivity index (χ3v) is 4.76. The Morgan fingerprint density at radius 3 is 2.70 bits per heavy atom. The Kier molecular flexibility index (Phi) is 6.51. The number of nitrogens with zero attached hydrogens (tertiary/aromatic N) is 4. The SMILES string of the molecule is CN=C(NCc1cccc(OC)c1OC1CCCC1)NCc1ncnn1C. The number of aromatic nitrogens is 3. The zero-order valence-electron chi connectivity index (χ0n) is 16.2. The first-order chi connectivity index (χ1) is 13.2. The lowest BCUT2D eigenvalue weighted by atomic mass is 10.1. The predicted molar refractivity (Wildman–Crippen MR) is 104 cm³/mol. The molecular formula is C19H28N6O2. The van der Waals surface area contributed by atoms with E-state index in [0.717, 1.165) is 35.7 Å². The summed E-state index contributed by atoms with van der Waals surface area (Å²) in [6, 6.07) is 5.97. The smallest absolute Gasteiger partial charge is 0.191 e. The van der Waals surface area contributed by atoms with E-state index < -0.39 is 0 Å². The molecule has 1 aliphatic rings. The van der Waals surface area contributed by atoms with Crippen LogP contribution in [0.3, 0.4) is 0 Å². The molecule has 0 saturated heterocycles. The van der Waals surface area contributed by atoms with Crippen molar-refractivity contribution in [3.05, 3.63) is 35.9 Å². The normalized spacial score (nSPS) is 15.0. The zero-order chi connectivity index (χ0) is 19.1. The molecule has 0 aliphatic heterocycles. The highest BCUT2D eigenvalue weighted by atomic mass is 16.5. The van der Waals surface area contributed by atoms with Crippen molar-refractivity contribution in [3.8, 4) is 11.5 Å². The number of ether oxygens (including phenoxy) is 2. The van der Waals surface area contributed by atoms with Crippen LogP contribution in [0.1, 0.15) is 37.1 Å². The van der Waals surface area contributed by atoms with Crippen LogP contribution in [-0.4, -0.2) is 41.0 Å². The van der Waals surface area contributed by atoms with Crippen molar-refractivity contribution in [1.82, 2.24) is 25.4 Å². The third kappa shape index (κ3) is 4.90. The van der Waals surface area contributed by atoms with Gasteiger partial charge in [0, 0.05) is 26.2 Å². The van der Waals surface area contributed by atoms with E-state index in [4.69, 9.17) is 9.47 Å². The van der Waals surface area contributed by atoms with Gasteiger partial charge in [-0.1, -0.05) is 12.1 Å². The monoisotopic (exact) mass is 372 g/mol. The lowest BCUT2D eigenvalue weighted by Crippen LogP contribution is -2.37. The Labute approximate surface area is 160 Å². The molecule has 0 unspecified atom stereocenters. The van der Waals surface area contributed by atoms with Crippen LogP contribution in [0.25, 0.3) is 0 Å². The van der Waals surface area contributed by atoms with Crippen molar-refractivity contribution >= 4 is 5.96 Å². The van der Waals surface area contributed by atoms with E-state index in [-0.39, 0.29) is 6.10 Å². The average Bonchev–Trinajstić information content (AvgIpc) is 3.34. The Morgan fingerprint density at radius 2 is 2.04 bits per heavy atom. The molecule has 0 amide bonds. The fourth-order valence-electron chi connectivity index (χ4n) is 3.21. The zero-order valence-corrected chi connectivity index (χ0v) is 16.2. The van der Waals surface area contributed by atoms with Gasteiger partial charge in [0.15, 0.2) is 17.5 Å². The second-order valence-electron chi connectivity index (χ2n) is 6.55. The lowest BCUT2D eigenvalue weighted by molar-refractivity contribution is 0.198. The number of aryl methyl sites for hydroxylation is 1. The molecule has 0 atom stereocenters. The predicted octanol–water partition coefficient (Wildman–Crippen LogP) is 2.01. The molecule has 1 aromatic heterocycles. The Balaban J connectivity index is 1.64. The second-order valence-corrected chi connectivity index (χ2v) is 6.55. The summed E-state index contributed by atoms with van der Waals surface area (Å²) in [5.41, 5.74) is 1.04. The maximum Gasteiger partial charge on any atom is 0.191 e. The van der Waals surface area contributed by atoms with Crippen molar-refractivity contribution in [2.45, 2.75) is 44.9 Å². The van der Waals surface area contributed by atoms with E-state index in [1.54, 1.807) is 18.8 Å². The van der Waals surface area contributed by atoms with E-state index in [0.29, 0.717) is 19.0 Å². The fraction of sp³-hybridized carbons (Fsp3) is 0.526. The molecule has 2 N–H and O–H groups in total. The fourth-order valence-corrected chi connectivity index (χ4v) is 3.21. The van der Waals surface area contributed by atoms with Gasteiger partial charge in [-0.25, -0.2) is 4.98 Å². The summed E-state index contributed by atoms with van der Waals surface area (Å²) in [5.74, 6) is 3.11. The minimum Gasteiger partial charge on any atom is -0.493 e. The number of guanidine groups is 1. The van der Waals surface area contributed by atoms with Crippen molar-refractivity contribution in [2.24, 2.45) is 12.0 Å². The van der Waals surface area contributed by atoms with Crippen LogP contribution in [-0.2, 0) is 20.1 Å². The summed E-state index contributed by atoms with van der Waals surface area (Å²) < 4.78 is 13.5. The van der Waals surface area contributed by atoms with Crippen LogP contribution in [0.4, 0.5) is 0 Å². The molecule has 27 heavy (non-hydrogen) atoms. The van der Waals surface area contributed by atoms with Gasteiger partial charge in [0.2, 0.25) is 0 Å². The van der Waals surface area contributed by atoms with Crippen LogP contribution in [0, 0.1) is 0 Å². The number of aliphatic imine (C=N–C) groups is 1. The molecule has 1 heterocycles. The summed E-state index contributed by atoms with van der Waals surface area (Å²) in [6.45, 7) is 1.12. The molecule has 0 spiro atoms. The molecule has 1 aromatic carbocycles. The molecule has 2 aromatic rings. The summed E-state index contributed by atoms with van der Waals surface area (Å²) in [4.78, 5) is 8.48. The minimum absolute atomic E-state index is 0.272. The number of para-hydroxylation sites is 1. The van der Waals surface area contributed by atoms with Crippen molar-refractivity contribution in [2.75, 3.05) is 14.2 Å². The number of nitrogens with one attached hydrogen (secondary N) is 2. The van der Waals surface area contributed by atoms with E-state index in [9.17, 15) is 0 Å². The van der Waals surface area contributed by atoms with E-state index >= 15 is 0 Å². The van der Waals surface area contributed by atoms with Gasteiger partial charge in [0.1, 0.15) is 12.2 Å². The van der Waals surface area contributed by atoms with Crippen LogP contribution >= 0.6 is 0 Å². The highest BCUT2D eigenvalue weighted by Crippen LogP contribution is 2.34. The van der Waals surface area contributed by atoms with Crippen molar-refractivity contribution in [1.29, 1.82) is 0 Å². The standard InChI is InChI=1S/C19H28N6O2/c1-20-19(22-12-17-23-13-24-25(17)2)21-11-14-7-6-10-16(26-3)18(14)27-15-8-4-5-9-15/h6-7,10,13,15H,4-5,8-9,11-12H2,1-3H3,(H2,20,21,22). The van der Waals surface area contributed by atoms with E-state index in [1.807, 2.05) is 19.2 Å². The van der Waals surface area contributed by atoms with Gasteiger partial charge in [-0.3, -0.25) is 9.67 Å². The molecule has 8 heteroatoms. The summed E-state index contributed by atoms with van der Waals surface area (Å²) in [7, 11) is 5.28. The molecule has 146 valence electrons. The summed E-state index contributed by atoms with van der Waals surface area (Å²) in [5, 5.41) is 10.6. The average molecular weight is 372 g/mol. The van der Waals surface area contributed by atoms with Gasteiger partial charge in [-0.15, -0.1) is 0 Å². The number of hydrogen-bond donors (Lipinski definition) is 2. The molecule has 1 aliphatic carbocycles. The molecule has 1 fully saturated rings. The second kappa shape index (κ2) is 9.25. The summed E-state index contributed by atoms with van der Waals surface area (Å²) in [6.07, 6.45) is 6.47. The molecular weight excluding hydrogens is 344 g/mol. The highest BCUT2D eigenvalue weighted by molar-refractivity contribution is 5.79. The maximum absolute atomic E-state index is 6.28. The maximum atomic E-state index is 6.28. The van der Waals surface area contributed by atoms with E-state index in [2.05, 4.69) is 31.8 Å². The van der Waals surface area contributed by atoms with Gasteiger partial charge < -0.3 is 20.1 Å². The molecule has 3 rings (SSSR count). The third-order valence-electron chi connectivity index (χ3n) is 4.76. The first-order valence-electron chi connectivity index (χ1n) is 9.31. The van der Waals surface area contributed by atoms with E-state index in [1.165, 1.54) is 19.2 Å². The van der Waals surface area contributed by atoms with Crippen LogP contribution in [0.15, 0.2) is 29.5 Å². The first-order valence-corrected chi connectivity index (χ1v) is 9.31. The van der Waals surface area contributed by atoms with Crippen molar-refractivity contribution in [3.63, 3.8) is 0 Å². The molecule has 0 bridgehead atoms. The summed E-state index contributed by atoms with van der Waals surface area (Å²) >= 11 is 0. The lowest BCUT2D eigenvalue weighted by Gasteiger charge is -2.20. The number of hydrogen-bond acceptors (Lipinski definition) is 5. The molecule has 8 nitrogen and oxygen atoms in total. The van der Waals surface area contributed by atoms with Gasteiger partial charge in [-0.05, 0) is 31.7 Å². The molecule has 1 saturated carbocycles. The minimum atomic E-state index is 0.272.